The van der Waals surface area contributed by atoms with Crippen molar-refractivity contribution in [2.45, 2.75) is 26.4 Å². The van der Waals surface area contributed by atoms with Crippen LogP contribution in [0.4, 0.5) is 5.00 Å². The van der Waals surface area contributed by atoms with E-state index >= 15 is 0 Å². The summed E-state index contributed by atoms with van der Waals surface area (Å²) in [5.41, 5.74) is 7.86. The van der Waals surface area contributed by atoms with Crippen molar-refractivity contribution in [3.63, 3.8) is 0 Å². The number of nitrogen functional groups attached to an aromatic ring is 1. The lowest BCUT2D eigenvalue weighted by molar-refractivity contribution is -0.707. The van der Waals surface area contributed by atoms with Crippen LogP contribution in [0.25, 0.3) is 0 Å². The lowest BCUT2D eigenvalue weighted by Gasteiger charge is -2.13. The number of hydrogen-bond donors (Lipinski definition) is 3. The van der Waals surface area contributed by atoms with Crippen molar-refractivity contribution in [1.82, 2.24) is 5.32 Å². The second kappa shape index (κ2) is 9.02. The standard InChI is InChI=1S/C18H22ClN3O3S/c1-4-25-18(24)14-12(15(17(23)21-3)26-16(14)20)9-22-10(2)11-7-5-6-8-13(11)19/h5-8,10,22H,4,9,20H2,1-3H3,(H,21,23)/p+1/t10-/m1/s1. The molecule has 0 bridgehead atoms. The molecule has 2 aromatic rings. The molecule has 0 spiro atoms. The maximum Gasteiger partial charge on any atom is 0.341 e. The summed E-state index contributed by atoms with van der Waals surface area (Å²) < 4.78 is 5.11. The fraction of sp³-hybridized carbons (Fsp3) is 0.333. The van der Waals surface area contributed by atoms with Crippen LogP contribution >= 0.6 is 22.9 Å². The van der Waals surface area contributed by atoms with Gasteiger partial charge in [-0.15, -0.1) is 11.3 Å². The van der Waals surface area contributed by atoms with E-state index in [0.717, 1.165) is 16.9 Å². The molecule has 6 nitrogen and oxygen atoms in total. The predicted molar refractivity (Wildman–Crippen MR) is 104 cm³/mol. The van der Waals surface area contributed by atoms with Crippen molar-refractivity contribution in [3.8, 4) is 0 Å². The lowest BCUT2D eigenvalue weighted by Crippen LogP contribution is -2.83. The Morgan fingerprint density at radius 1 is 1.38 bits per heavy atom. The molecule has 0 aliphatic heterocycles. The Morgan fingerprint density at radius 3 is 2.69 bits per heavy atom. The summed E-state index contributed by atoms with van der Waals surface area (Å²) in [6.07, 6.45) is 0. The summed E-state index contributed by atoms with van der Waals surface area (Å²) >= 11 is 7.35. The molecule has 0 fully saturated rings. The maximum atomic E-state index is 12.3. The van der Waals surface area contributed by atoms with E-state index in [4.69, 9.17) is 22.1 Å². The number of ether oxygens (including phenoxy) is 1. The highest BCUT2D eigenvalue weighted by Crippen LogP contribution is 2.31. The number of rotatable bonds is 7. The SMILES string of the molecule is CCOC(=O)c1c(N)sc(C(=O)NC)c1C[NH2+][C@H](C)c1ccccc1Cl. The molecular formula is C18H23ClN3O3S+. The third-order valence-corrected chi connectivity index (χ3v) is 5.42. The number of benzene rings is 1. The number of halogens is 1. The molecule has 5 N–H and O–H groups in total. The summed E-state index contributed by atoms with van der Waals surface area (Å²) in [7, 11) is 1.54. The Kier molecular flexibility index (Phi) is 7.02. The highest BCUT2D eigenvalue weighted by molar-refractivity contribution is 7.18. The Labute approximate surface area is 161 Å². The molecule has 0 unspecified atom stereocenters. The molecule has 1 aromatic heterocycles. The van der Waals surface area contributed by atoms with Gasteiger partial charge in [-0.05, 0) is 19.9 Å². The Hall–Kier alpha value is -2.09. The maximum absolute atomic E-state index is 12.3. The van der Waals surface area contributed by atoms with Crippen LogP contribution in [-0.2, 0) is 11.3 Å². The average Bonchev–Trinajstić information content (AvgIpc) is 2.96. The fourth-order valence-corrected chi connectivity index (χ4v) is 4.01. The number of carbonyl (C=O) groups excluding carboxylic acids is 2. The van der Waals surface area contributed by atoms with E-state index in [2.05, 4.69) is 5.32 Å². The largest absolute Gasteiger partial charge is 0.462 e. The normalized spacial score (nSPS) is 11.8. The number of hydrogen-bond acceptors (Lipinski definition) is 5. The van der Waals surface area contributed by atoms with Crippen molar-refractivity contribution >= 4 is 39.8 Å². The van der Waals surface area contributed by atoms with Crippen LogP contribution in [0.2, 0.25) is 5.02 Å². The van der Waals surface area contributed by atoms with Crippen molar-refractivity contribution in [2.24, 2.45) is 0 Å². The van der Waals surface area contributed by atoms with Crippen LogP contribution in [0.5, 0.6) is 0 Å². The molecule has 0 saturated carbocycles. The highest BCUT2D eigenvalue weighted by atomic mass is 35.5. The van der Waals surface area contributed by atoms with E-state index < -0.39 is 5.97 Å². The number of esters is 1. The van der Waals surface area contributed by atoms with Crippen molar-refractivity contribution in [2.75, 3.05) is 19.4 Å². The molecule has 140 valence electrons. The number of quaternary nitrogens is 1. The van der Waals surface area contributed by atoms with Crippen LogP contribution in [0.3, 0.4) is 0 Å². The minimum atomic E-state index is -0.509. The van der Waals surface area contributed by atoms with Crippen molar-refractivity contribution in [1.29, 1.82) is 0 Å². The Balaban J connectivity index is 2.32. The monoisotopic (exact) mass is 396 g/mol. The second-order valence-corrected chi connectivity index (χ2v) is 7.16. The van der Waals surface area contributed by atoms with Gasteiger partial charge in [-0.3, -0.25) is 4.79 Å². The molecular weight excluding hydrogens is 374 g/mol. The predicted octanol–water partition coefficient (Wildman–Crippen LogP) is 2.34. The zero-order valence-corrected chi connectivity index (χ0v) is 16.5. The fourth-order valence-electron chi connectivity index (χ4n) is 2.67. The molecule has 1 atom stereocenters. The third-order valence-electron chi connectivity index (χ3n) is 4.02. The molecule has 8 heteroatoms. The zero-order chi connectivity index (χ0) is 19.3. The van der Waals surface area contributed by atoms with Crippen molar-refractivity contribution < 1.29 is 19.6 Å². The van der Waals surface area contributed by atoms with E-state index in [9.17, 15) is 9.59 Å². The number of carbonyl (C=O) groups is 2. The summed E-state index contributed by atoms with van der Waals surface area (Å²) in [4.78, 5) is 24.9. The summed E-state index contributed by atoms with van der Waals surface area (Å²) in [6, 6.07) is 7.63. The second-order valence-electron chi connectivity index (χ2n) is 5.70. The molecule has 1 heterocycles. The minimum Gasteiger partial charge on any atom is -0.462 e. The van der Waals surface area contributed by atoms with Gasteiger partial charge in [-0.2, -0.15) is 0 Å². The number of anilines is 1. The van der Waals surface area contributed by atoms with Crippen LogP contribution in [0.1, 0.15) is 51.0 Å². The van der Waals surface area contributed by atoms with Gasteiger partial charge in [0, 0.05) is 23.2 Å². The van der Waals surface area contributed by atoms with Gasteiger partial charge in [0.05, 0.1) is 6.61 Å². The Bertz CT molecular complexity index is 807. The van der Waals surface area contributed by atoms with Crippen LogP contribution in [0.15, 0.2) is 24.3 Å². The third kappa shape index (κ3) is 4.35. The molecule has 26 heavy (non-hydrogen) atoms. The number of thiophene rings is 1. The van der Waals surface area contributed by atoms with Gasteiger partial charge in [-0.25, -0.2) is 4.79 Å². The van der Waals surface area contributed by atoms with Gasteiger partial charge in [-0.1, -0.05) is 29.8 Å². The van der Waals surface area contributed by atoms with Crippen molar-refractivity contribution in [3.05, 3.63) is 50.9 Å². The summed E-state index contributed by atoms with van der Waals surface area (Å²) in [5.74, 6) is -0.781. The van der Waals surface area contributed by atoms with E-state index in [1.807, 2.05) is 36.5 Å². The number of amides is 1. The summed E-state index contributed by atoms with van der Waals surface area (Å²) in [5, 5.41) is 5.57. The molecule has 2 rings (SSSR count). The van der Waals surface area contributed by atoms with E-state index in [1.54, 1.807) is 14.0 Å². The first kappa shape index (κ1) is 20.2. The average molecular weight is 397 g/mol. The van der Waals surface area contributed by atoms with E-state index in [0.29, 0.717) is 22.0 Å². The van der Waals surface area contributed by atoms with E-state index in [-0.39, 0.29) is 29.1 Å². The van der Waals surface area contributed by atoms with Gasteiger partial charge in [0.25, 0.3) is 5.91 Å². The first-order valence-corrected chi connectivity index (χ1v) is 9.48. The van der Waals surface area contributed by atoms with E-state index in [1.165, 1.54) is 0 Å². The topological polar surface area (TPSA) is 98.0 Å². The first-order chi connectivity index (χ1) is 12.4. The molecule has 1 amide bonds. The van der Waals surface area contributed by atoms with Crippen LogP contribution in [-0.4, -0.2) is 25.5 Å². The highest BCUT2D eigenvalue weighted by Gasteiger charge is 2.28. The molecule has 0 radical (unpaired) electrons. The lowest BCUT2D eigenvalue weighted by atomic mass is 10.1. The van der Waals surface area contributed by atoms with Gasteiger partial charge in [0.2, 0.25) is 0 Å². The quantitative estimate of drug-likeness (QED) is 0.625. The zero-order valence-electron chi connectivity index (χ0n) is 15.0. The molecule has 0 aliphatic rings. The van der Waals surface area contributed by atoms with Gasteiger partial charge in [0.15, 0.2) is 0 Å². The van der Waals surface area contributed by atoms with Gasteiger partial charge < -0.3 is 21.1 Å². The molecule has 0 saturated heterocycles. The van der Waals surface area contributed by atoms with Gasteiger partial charge >= 0.3 is 5.97 Å². The summed E-state index contributed by atoms with van der Waals surface area (Å²) in [6.45, 7) is 4.38. The number of nitrogens with one attached hydrogen (secondary N) is 1. The van der Waals surface area contributed by atoms with Gasteiger partial charge in [0.1, 0.15) is 28.0 Å². The Morgan fingerprint density at radius 2 is 2.08 bits per heavy atom. The molecule has 1 aromatic carbocycles. The smallest absolute Gasteiger partial charge is 0.341 e. The van der Waals surface area contributed by atoms with Crippen LogP contribution in [0, 0.1) is 0 Å². The molecule has 0 aliphatic carbocycles. The first-order valence-electron chi connectivity index (χ1n) is 8.28. The minimum absolute atomic E-state index is 0.0393. The number of nitrogens with two attached hydrogens (primary N) is 2. The van der Waals surface area contributed by atoms with Crippen LogP contribution < -0.4 is 16.4 Å².